The normalized spacial score (nSPS) is 24.0. The van der Waals surface area contributed by atoms with E-state index < -0.39 is 60.3 Å². The van der Waals surface area contributed by atoms with Crippen LogP contribution in [-0.4, -0.2) is 108 Å². The summed E-state index contributed by atoms with van der Waals surface area (Å²) in [5, 5.41) is 66.3. The van der Waals surface area contributed by atoms with Crippen LogP contribution in [0.3, 0.4) is 0 Å². The van der Waals surface area contributed by atoms with Crippen molar-refractivity contribution in [3.05, 3.63) is 0 Å². The molecule has 6 N–H and O–H groups in total. The number of rotatable bonds is 15. The van der Waals surface area contributed by atoms with Crippen LogP contribution in [0.4, 0.5) is 0 Å². The summed E-state index contributed by atoms with van der Waals surface area (Å²) in [6, 6.07) is 0. The van der Waals surface area contributed by atoms with E-state index in [4.69, 9.17) is 14.7 Å². The van der Waals surface area contributed by atoms with Gasteiger partial charge in [0.2, 0.25) is 0 Å². The minimum atomic E-state index is -6.53. The molecule has 0 aliphatic heterocycles. The third-order valence-corrected chi connectivity index (χ3v) is 17.3. The molecule has 31 heavy (non-hydrogen) atoms. The van der Waals surface area contributed by atoms with Gasteiger partial charge in [-0.2, -0.15) is 0 Å². The third kappa shape index (κ3) is 4.15. The van der Waals surface area contributed by atoms with Crippen molar-refractivity contribution in [1.82, 2.24) is 0 Å². The second-order valence-electron chi connectivity index (χ2n) is 7.81. The van der Waals surface area contributed by atoms with Gasteiger partial charge in [-0.25, -0.2) is 0 Å². The average molecular weight is 497 g/mol. The number of quaternary nitrogens is 2. The fourth-order valence-electron chi connectivity index (χ4n) is 5.52. The Morgan fingerprint density at radius 3 is 1.10 bits per heavy atom. The molecule has 0 aromatic heterocycles. The summed E-state index contributed by atoms with van der Waals surface area (Å²) < 4.78 is 21.5. The van der Waals surface area contributed by atoms with Crippen LogP contribution in [0.1, 0.15) is 48.5 Å². The van der Waals surface area contributed by atoms with Gasteiger partial charge in [-0.05, 0) is 0 Å². The molecule has 0 aromatic rings. The summed E-state index contributed by atoms with van der Waals surface area (Å²) in [5.41, 5.74) is 0. The van der Waals surface area contributed by atoms with Crippen molar-refractivity contribution in [1.29, 1.82) is 0 Å². The molecule has 0 saturated heterocycles. The maximum absolute atomic E-state index is 11.1. The summed E-state index contributed by atoms with van der Waals surface area (Å²) in [4.78, 5) is 0. The summed E-state index contributed by atoms with van der Waals surface area (Å²) >= 11 is -6.53. The van der Waals surface area contributed by atoms with Crippen molar-refractivity contribution in [2.45, 2.75) is 85.8 Å². The molecule has 0 aliphatic rings. The van der Waals surface area contributed by atoms with Crippen LogP contribution in [0.25, 0.3) is 0 Å². The molecule has 12 nitrogen and oxygen atoms in total. The summed E-state index contributed by atoms with van der Waals surface area (Å²) in [6.45, 7) is 9.78. The molecular formula is C18H45N2O10Ti+2. The molecule has 189 valence electrons. The van der Waals surface area contributed by atoms with Crippen LogP contribution in [0.15, 0.2) is 0 Å². The fraction of sp³-hybridized carbons (Fsp3) is 1.00. The zero-order valence-corrected chi connectivity index (χ0v) is 21.9. The van der Waals surface area contributed by atoms with E-state index in [0.717, 1.165) is 0 Å². The van der Waals surface area contributed by atoms with Gasteiger partial charge < -0.3 is 0 Å². The van der Waals surface area contributed by atoms with Gasteiger partial charge in [0.05, 0.1) is 0 Å². The molecular weight excluding hydrogens is 452 g/mol. The van der Waals surface area contributed by atoms with Gasteiger partial charge in [0.15, 0.2) is 0 Å². The second-order valence-corrected chi connectivity index (χ2v) is 14.8. The zero-order valence-electron chi connectivity index (χ0n) is 20.3. The van der Waals surface area contributed by atoms with Crippen molar-refractivity contribution < 1.29 is 68.2 Å². The van der Waals surface area contributed by atoms with Crippen LogP contribution < -0.4 is 0 Å². The Morgan fingerprint density at radius 1 is 0.613 bits per heavy atom. The van der Waals surface area contributed by atoms with Crippen molar-refractivity contribution >= 4 is 0 Å². The zero-order chi connectivity index (χ0) is 24.9. The number of nitrogens with zero attached hydrogens (tertiary/aromatic N) is 2. The predicted octanol–water partition coefficient (Wildman–Crippen LogP) is -0.740. The number of ether oxygens (including phenoxy) is 1. The molecule has 0 bridgehead atoms. The number of hydrogen-bond acceptors (Lipinski definition) is 10. The maximum atomic E-state index is 11.1. The Hall–Kier alpha value is 0.234. The first-order valence-corrected chi connectivity index (χ1v) is 13.8. The van der Waals surface area contributed by atoms with Crippen LogP contribution in [0, 0.1) is 0 Å². The van der Waals surface area contributed by atoms with E-state index >= 15 is 0 Å². The van der Waals surface area contributed by atoms with E-state index in [0.29, 0.717) is 6.61 Å². The van der Waals surface area contributed by atoms with E-state index in [1.807, 2.05) is 0 Å². The first-order valence-electron chi connectivity index (χ1n) is 10.5. The Kier molecular flexibility index (Phi) is 11.7. The average Bonchev–Trinajstić information content (AvgIpc) is 2.63. The van der Waals surface area contributed by atoms with Gasteiger partial charge in [-0.1, -0.05) is 0 Å². The van der Waals surface area contributed by atoms with Crippen molar-refractivity contribution in [2.75, 3.05) is 34.0 Å². The Bertz CT molecular complexity index is 462. The van der Waals surface area contributed by atoms with Gasteiger partial charge in [0.25, 0.3) is 0 Å². The summed E-state index contributed by atoms with van der Waals surface area (Å²) in [7, 11) is 2.36. The molecule has 13 heteroatoms. The summed E-state index contributed by atoms with van der Waals surface area (Å²) in [5.74, 6) is 0. The van der Waals surface area contributed by atoms with Gasteiger partial charge in [0.1, 0.15) is 0 Å². The van der Waals surface area contributed by atoms with Crippen LogP contribution in [0.5, 0.6) is 0 Å². The number of aliphatic hydroxyl groups is 6. The van der Waals surface area contributed by atoms with Crippen LogP contribution >= 0.6 is 0 Å². The van der Waals surface area contributed by atoms with Gasteiger partial charge in [-0.3, -0.25) is 0 Å². The number of aliphatic hydroxyl groups excluding tert-OH is 6. The van der Waals surface area contributed by atoms with Gasteiger partial charge in [0, 0.05) is 0 Å². The number of hydrogen-bond donors (Lipinski definition) is 6. The van der Waals surface area contributed by atoms with E-state index in [9.17, 15) is 30.6 Å². The molecule has 0 spiro atoms. The molecule has 0 rings (SSSR count). The van der Waals surface area contributed by atoms with Gasteiger partial charge in [-0.15, -0.1) is 0 Å². The Labute approximate surface area is 188 Å². The molecule has 0 heterocycles. The second kappa shape index (κ2) is 11.6. The SMILES string of the molecule is CCOCC[O][Ti]([O]C)([O]C)([N+](C(C)O)(C(C)O)C(C)O)[N+](C(C)O)(C(C)O)C(C)O. The standard InChI is InChI=1S/2C6H15NO3.C4H9O2.2CH3O.Ti/c2*1-4(8)7(5(2)9)6(3)10;1-2-6-4-3-5;2*1-2;/h2*4-6,8-10H,1-3H3;2-4H2,1H3;2*1H3;/q;;3*-1;+5. The topological polar surface area (TPSA) is 158 Å². The molecule has 6 atom stereocenters. The first kappa shape index (κ1) is 31.2. The molecule has 6 unspecified atom stereocenters. The molecule has 0 fully saturated rings. The molecule has 0 saturated carbocycles. The molecule has 0 aromatic carbocycles. The Morgan fingerprint density at radius 2 is 0.903 bits per heavy atom. The molecule has 0 radical (unpaired) electrons. The van der Waals surface area contributed by atoms with Crippen molar-refractivity contribution in [3.8, 4) is 0 Å². The van der Waals surface area contributed by atoms with Crippen molar-refractivity contribution in [2.24, 2.45) is 0 Å². The third-order valence-electron chi connectivity index (χ3n) is 6.48. The fourth-order valence-corrected chi connectivity index (χ4v) is 16.3. The monoisotopic (exact) mass is 497 g/mol. The predicted molar refractivity (Wildman–Crippen MR) is 107 cm³/mol. The molecule has 0 amide bonds. The van der Waals surface area contributed by atoms with E-state index in [1.165, 1.54) is 55.8 Å². The van der Waals surface area contributed by atoms with Gasteiger partial charge >= 0.3 is 188 Å². The van der Waals surface area contributed by atoms with Crippen molar-refractivity contribution in [3.63, 3.8) is 0 Å². The van der Waals surface area contributed by atoms with E-state index in [2.05, 4.69) is 0 Å². The quantitative estimate of drug-likeness (QED) is 0.0967. The minimum absolute atomic E-state index is 0.0430. The summed E-state index contributed by atoms with van der Waals surface area (Å²) in [6.07, 6.45) is -9.51. The van der Waals surface area contributed by atoms with Crippen LogP contribution in [0.2, 0.25) is 0 Å². The first-order chi connectivity index (χ1) is 14.2. The van der Waals surface area contributed by atoms with Crippen LogP contribution in [-0.2, 0) is 31.7 Å². The van der Waals surface area contributed by atoms with E-state index in [1.54, 1.807) is 6.92 Å². The molecule has 0 aliphatic carbocycles. The Balaban J connectivity index is 7.93. The van der Waals surface area contributed by atoms with E-state index in [-0.39, 0.29) is 13.2 Å².